The van der Waals surface area contributed by atoms with Gasteiger partial charge in [-0.25, -0.2) is 0 Å². The standard InChI is InChI=1S/C11H19NO2/c1-2-14-10-5-8(6-10)7-11(13)12-9-3-4-9/h8-10H,2-7H2,1H3,(H,12,13). The van der Waals surface area contributed by atoms with Crippen molar-refractivity contribution in [3.05, 3.63) is 0 Å². The molecule has 3 heteroatoms. The zero-order valence-corrected chi connectivity index (χ0v) is 8.79. The third-order valence-electron chi connectivity index (χ3n) is 3.01. The van der Waals surface area contributed by atoms with E-state index in [0.717, 1.165) is 19.4 Å². The Balaban J connectivity index is 1.56. The molecule has 14 heavy (non-hydrogen) atoms. The van der Waals surface area contributed by atoms with Gasteiger partial charge >= 0.3 is 0 Å². The van der Waals surface area contributed by atoms with Gasteiger partial charge in [0.1, 0.15) is 0 Å². The summed E-state index contributed by atoms with van der Waals surface area (Å²) in [5, 5.41) is 3.02. The molecule has 0 aromatic heterocycles. The van der Waals surface area contributed by atoms with Gasteiger partial charge in [0.05, 0.1) is 6.10 Å². The molecular weight excluding hydrogens is 178 g/mol. The van der Waals surface area contributed by atoms with Gasteiger partial charge in [-0.1, -0.05) is 0 Å². The largest absolute Gasteiger partial charge is 0.378 e. The summed E-state index contributed by atoms with van der Waals surface area (Å²) in [6.45, 7) is 2.82. The van der Waals surface area contributed by atoms with Crippen LogP contribution in [0.15, 0.2) is 0 Å². The second-order valence-corrected chi connectivity index (χ2v) is 4.46. The number of hydrogen-bond donors (Lipinski definition) is 1. The molecule has 2 rings (SSSR count). The number of nitrogens with one attached hydrogen (secondary N) is 1. The molecule has 80 valence electrons. The molecule has 0 radical (unpaired) electrons. The van der Waals surface area contributed by atoms with Crippen molar-refractivity contribution in [3.63, 3.8) is 0 Å². The number of carbonyl (C=O) groups is 1. The Labute approximate surface area is 85.2 Å². The minimum atomic E-state index is 0.243. The van der Waals surface area contributed by atoms with Crippen LogP contribution in [0.25, 0.3) is 0 Å². The summed E-state index contributed by atoms with van der Waals surface area (Å²) in [5.41, 5.74) is 0. The van der Waals surface area contributed by atoms with Crippen LogP contribution < -0.4 is 5.32 Å². The fourth-order valence-corrected chi connectivity index (χ4v) is 1.99. The Morgan fingerprint density at radius 3 is 2.71 bits per heavy atom. The number of amides is 1. The van der Waals surface area contributed by atoms with E-state index in [-0.39, 0.29) is 5.91 Å². The lowest BCUT2D eigenvalue weighted by molar-refractivity contribution is -0.124. The highest BCUT2D eigenvalue weighted by atomic mass is 16.5. The zero-order chi connectivity index (χ0) is 9.97. The lowest BCUT2D eigenvalue weighted by Crippen LogP contribution is -2.36. The van der Waals surface area contributed by atoms with Crippen LogP contribution in [0.1, 0.15) is 39.0 Å². The van der Waals surface area contributed by atoms with E-state index in [2.05, 4.69) is 5.32 Å². The van der Waals surface area contributed by atoms with Crippen LogP contribution in [-0.2, 0) is 9.53 Å². The van der Waals surface area contributed by atoms with Gasteiger partial charge in [-0.05, 0) is 38.5 Å². The van der Waals surface area contributed by atoms with Crippen molar-refractivity contribution in [1.82, 2.24) is 5.32 Å². The number of rotatable bonds is 5. The Morgan fingerprint density at radius 2 is 2.14 bits per heavy atom. The summed E-state index contributed by atoms with van der Waals surface area (Å²) in [4.78, 5) is 11.4. The molecule has 2 aliphatic carbocycles. The van der Waals surface area contributed by atoms with Gasteiger partial charge < -0.3 is 10.1 Å². The number of carbonyl (C=O) groups excluding carboxylic acids is 1. The van der Waals surface area contributed by atoms with Crippen LogP contribution in [-0.4, -0.2) is 24.7 Å². The van der Waals surface area contributed by atoms with Crippen molar-refractivity contribution >= 4 is 5.91 Å². The summed E-state index contributed by atoms with van der Waals surface area (Å²) >= 11 is 0. The van der Waals surface area contributed by atoms with E-state index in [1.54, 1.807) is 0 Å². The summed E-state index contributed by atoms with van der Waals surface area (Å²) in [6.07, 6.45) is 5.65. The highest BCUT2D eigenvalue weighted by molar-refractivity contribution is 5.76. The number of ether oxygens (including phenoxy) is 1. The van der Waals surface area contributed by atoms with E-state index in [1.165, 1.54) is 12.8 Å². The van der Waals surface area contributed by atoms with E-state index < -0.39 is 0 Å². The summed E-state index contributed by atoms with van der Waals surface area (Å²) < 4.78 is 5.45. The van der Waals surface area contributed by atoms with Crippen LogP contribution in [0.2, 0.25) is 0 Å². The SMILES string of the molecule is CCOC1CC(CC(=O)NC2CC2)C1. The summed E-state index contributed by atoms with van der Waals surface area (Å²) in [6, 6.07) is 0.505. The number of hydrogen-bond acceptors (Lipinski definition) is 2. The van der Waals surface area contributed by atoms with E-state index in [1.807, 2.05) is 6.92 Å². The van der Waals surface area contributed by atoms with Crippen molar-refractivity contribution in [2.45, 2.75) is 51.2 Å². The molecule has 0 bridgehead atoms. The molecule has 0 aliphatic heterocycles. The molecule has 0 aromatic carbocycles. The third-order valence-corrected chi connectivity index (χ3v) is 3.01. The van der Waals surface area contributed by atoms with Gasteiger partial charge in [0, 0.05) is 19.1 Å². The minimum Gasteiger partial charge on any atom is -0.378 e. The molecule has 0 heterocycles. The highest BCUT2D eigenvalue weighted by Gasteiger charge is 2.32. The molecule has 3 nitrogen and oxygen atoms in total. The van der Waals surface area contributed by atoms with Gasteiger partial charge in [0.15, 0.2) is 0 Å². The maximum atomic E-state index is 11.4. The summed E-state index contributed by atoms with van der Waals surface area (Å²) in [5.74, 6) is 0.817. The Morgan fingerprint density at radius 1 is 1.43 bits per heavy atom. The smallest absolute Gasteiger partial charge is 0.220 e. The first kappa shape index (κ1) is 9.97. The van der Waals surface area contributed by atoms with Crippen LogP contribution in [0, 0.1) is 5.92 Å². The normalized spacial score (nSPS) is 30.9. The lowest BCUT2D eigenvalue weighted by atomic mass is 9.80. The molecule has 0 spiro atoms. The van der Waals surface area contributed by atoms with Crippen molar-refractivity contribution < 1.29 is 9.53 Å². The second kappa shape index (κ2) is 4.30. The highest BCUT2D eigenvalue weighted by Crippen LogP contribution is 2.32. The van der Waals surface area contributed by atoms with E-state index in [0.29, 0.717) is 24.5 Å². The van der Waals surface area contributed by atoms with Crippen LogP contribution in [0.5, 0.6) is 0 Å². The first-order valence-corrected chi connectivity index (χ1v) is 5.69. The molecule has 1 amide bonds. The molecule has 2 fully saturated rings. The van der Waals surface area contributed by atoms with Gasteiger partial charge in [-0.15, -0.1) is 0 Å². The first-order chi connectivity index (χ1) is 6.78. The second-order valence-electron chi connectivity index (χ2n) is 4.46. The molecule has 0 unspecified atom stereocenters. The molecule has 2 aliphatic rings. The van der Waals surface area contributed by atoms with E-state index in [9.17, 15) is 4.79 Å². The van der Waals surface area contributed by atoms with Crippen molar-refractivity contribution in [2.24, 2.45) is 5.92 Å². The minimum absolute atomic E-state index is 0.243. The van der Waals surface area contributed by atoms with E-state index >= 15 is 0 Å². The average molecular weight is 197 g/mol. The van der Waals surface area contributed by atoms with Gasteiger partial charge in [-0.3, -0.25) is 4.79 Å². The van der Waals surface area contributed by atoms with E-state index in [4.69, 9.17) is 4.74 Å². The summed E-state index contributed by atoms with van der Waals surface area (Å²) in [7, 11) is 0. The maximum absolute atomic E-state index is 11.4. The first-order valence-electron chi connectivity index (χ1n) is 5.69. The molecule has 2 saturated carbocycles. The fraction of sp³-hybridized carbons (Fsp3) is 0.909. The maximum Gasteiger partial charge on any atom is 0.220 e. The fourth-order valence-electron chi connectivity index (χ4n) is 1.99. The Hall–Kier alpha value is -0.570. The monoisotopic (exact) mass is 197 g/mol. The average Bonchev–Trinajstić information content (AvgIpc) is 2.84. The molecule has 0 saturated heterocycles. The van der Waals surface area contributed by atoms with Crippen molar-refractivity contribution in [1.29, 1.82) is 0 Å². The lowest BCUT2D eigenvalue weighted by Gasteiger charge is -2.34. The third kappa shape index (κ3) is 2.71. The predicted octanol–water partition coefficient (Wildman–Crippen LogP) is 1.47. The predicted molar refractivity (Wildman–Crippen MR) is 53.9 cm³/mol. The molecule has 0 atom stereocenters. The van der Waals surface area contributed by atoms with Crippen LogP contribution in [0.4, 0.5) is 0 Å². The quantitative estimate of drug-likeness (QED) is 0.724. The topological polar surface area (TPSA) is 38.3 Å². The molecular formula is C11H19NO2. The molecule has 0 aromatic rings. The van der Waals surface area contributed by atoms with Gasteiger partial charge in [0.25, 0.3) is 0 Å². The zero-order valence-electron chi connectivity index (χ0n) is 8.79. The Kier molecular flexibility index (Phi) is 3.06. The van der Waals surface area contributed by atoms with Crippen LogP contribution in [0.3, 0.4) is 0 Å². The van der Waals surface area contributed by atoms with Gasteiger partial charge in [0.2, 0.25) is 5.91 Å². The molecule has 1 N–H and O–H groups in total. The van der Waals surface area contributed by atoms with Crippen LogP contribution >= 0.6 is 0 Å². The van der Waals surface area contributed by atoms with Crippen molar-refractivity contribution in [3.8, 4) is 0 Å². The Bertz CT molecular complexity index is 207. The van der Waals surface area contributed by atoms with Crippen molar-refractivity contribution in [2.75, 3.05) is 6.61 Å². The van der Waals surface area contributed by atoms with Gasteiger partial charge in [-0.2, -0.15) is 0 Å².